The molecule has 2 N–H and O–H groups in total. The fraction of sp³-hybridized carbons (Fsp3) is 1.00. The summed E-state index contributed by atoms with van der Waals surface area (Å²) in [6.07, 6.45) is 7.85. The van der Waals surface area contributed by atoms with Crippen molar-refractivity contribution in [3.8, 4) is 0 Å². The topological polar surface area (TPSA) is 29.3 Å². The minimum atomic E-state index is 0.251. The standard InChI is InChI=1S/C18H38N2/c1-6-16(5)13-18(7-2,14-19)20-11-8-9-17(10-12-20)15(3)4/h15-17H,6-14,19H2,1-5H3. The Morgan fingerprint density at radius 2 is 1.85 bits per heavy atom. The predicted octanol–water partition coefficient (Wildman–Crippen LogP) is 4.29. The Hall–Kier alpha value is -0.0800. The molecule has 0 aromatic heterocycles. The van der Waals surface area contributed by atoms with Gasteiger partial charge in [-0.3, -0.25) is 4.90 Å². The highest BCUT2D eigenvalue weighted by Gasteiger charge is 2.36. The van der Waals surface area contributed by atoms with Gasteiger partial charge in [0, 0.05) is 12.1 Å². The van der Waals surface area contributed by atoms with Crippen LogP contribution in [0.1, 0.15) is 73.1 Å². The van der Waals surface area contributed by atoms with E-state index in [0.717, 1.165) is 24.3 Å². The summed E-state index contributed by atoms with van der Waals surface area (Å²) in [5.41, 5.74) is 6.51. The summed E-state index contributed by atoms with van der Waals surface area (Å²) in [4.78, 5) is 2.75. The number of hydrogen-bond donors (Lipinski definition) is 1. The van der Waals surface area contributed by atoms with E-state index in [9.17, 15) is 0 Å². The van der Waals surface area contributed by atoms with Gasteiger partial charge in [0.05, 0.1) is 0 Å². The maximum atomic E-state index is 6.26. The highest BCUT2D eigenvalue weighted by molar-refractivity contribution is 4.93. The molecule has 120 valence electrons. The van der Waals surface area contributed by atoms with Gasteiger partial charge in [0.15, 0.2) is 0 Å². The van der Waals surface area contributed by atoms with Gasteiger partial charge in [-0.15, -0.1) is 0 Å². The summed E-state index contributed by atoms with van der Waals surface area (Å²) in [7, 11) is 0. The summed E-state index contributed by atoms with van der Waals surface area (Å²) < 4.78 is 0. The molecule has 0 bridgehead atoms. The molecule has 0 aliphatic carbocycles. The zero-order valence-electron chi connectivity index (χ0n) is 14.6. The van der Waals surface area contributed by atoms with Crippen LogP contribution in [0.2, 0.25) is 0 Å². The van der Waals surface area contributed by atoms with Gasteiger partial charge in [-0.1, -0.05) is 41.0 Å². The van der Waals surface area contributed by atoms with Crippen LogP contribution < -0.4 is 5.73 Å². The summed E-state index contributed by atoms with van der Waals surface area (Å²) in [6, 6.07) is 0. The Kier molecular flexibility index (Phi) is 7.53. The smallest absolute Gasteiger partial charge is 0.0331 e. The van der Waals surface area contributed by atoms with E-state index < -0.39 is 0 Å². The number of nitrogens with two attached hydrogens (primary N) is 1. The first kappa shape index (κ1) is 18.0. The monoisotopic (exact) mass is 282 g/mol. The van der Waals surface area contributed by atoms with Crippen molar-refractivity contribution in [1.29, 1.82) is 0 Å². The molecule has 1 saturated heterocycles. The third-order valence-corrected chi connectivity index (χ3v) is 5.85. The minimum Gasteiger partial charge on any atom is -0.329 e. The first-order valence-electron chi connectivity index (χ1n) is 8.94. The lowest BCUT2D eigenvalue weighted by atomic mass is 9.82. The number of rotatable bonds is 7. The highest BCUT2D eigenvalue weighted by Crippen LogP contribution is 2.33. The number of hydrogen-bond acceptors (Lipinski definition) is 2. The largest absolute Gasteiger partial charge is 0.329 e. The molecular formula is C18H38N2. The summed E-state index contributed by atoms with van der Waals surface area (Å²) in [5.74, 6) is 2.52. The van der Waals surface area contributed by atoms with Gasteiger partial charge in [0.2, 0.25) is 0 Å². The number of likely N-dealkylation sites (tertiary alicyclic amines) is 1. The van der Waals surface area contributed by atoms with E-state index in [4.69, 9.17) is 5.73 Å². The van der Waals surface area contributed by atoms with Crippen LogP contribution in [0.5, 0.6) is 0 Å². The first-order chi connectivity index (χ1) is 9.49. The quantitative estimate of drug-likeness (QED) is 0.755. The van der Waals surface area contributed by atoms with E-state index in [1.165, 1.54) is 51.6 Å². The Labute approximate surface area is 127 Å². The van der Waals surface area contributed by atoms with Gasteiger partial charge in [0.25, 0.3) is 0 Å². The predicted molar refractivity (Wildman–Crippen MR) is 89.9 cm³/mol. The van der Waals surface area contributed by atoms with Gasteiger partial charge in [-0.2, -0.15) is 0 Å². The van der Waals surface area contributed by atoms with Crippen LogP contribution in [0, 0.1) is 17.8 Å². The van der Waals surface area contributed by atoms with Crippen LogP contribution in [0.4, 0.5) is 0 Å². The van der Waals surface area contributed by atoms with E-state index in [-0.39, 0.29) is 5.54 Å². The molecule has 0 saturated carbocycles. The van der Waals surface area contributed by atoms with Gasteiger partial charge < -0.3 is 5.73 Å². The van der Waals surface area contributed by atoms with Gasteiger partial charge in [-0.25, -0.2) is 0 Å². The molecule has 1 fully saturated rings. The maximum Gasteiger partial charge on any atom is 0.0331 e. The van der Waals surface area contributed by atoms with E-state index in [0.29, 0.717) is 0 Å². The molecule has 0 aromatic rings. The SMILES string of the molecule is CCC(C)CC(CC)(CN)N1CCCC(C(C)C)CC1. The van der Waals surface area contributed by atoms with Crippen LogP contribution in [0.15, 0.2) is 0 Å². The van der Waals surface area contributed by atoms with Crippen LogP contribution in [-0.2, 0) is 0 Å². The zero-order valence-corrected chi connectivity index (χ0v) is 14.6. The van der Waals surface area contributed by atoms with Gasteiger partial charge in [-0.05, 0) is 62.9 Å². The Balaban J connectivity index is 2.76. The molecule has 2 nitrogen and oxygen atoms in total. The van der Waals surface area contributed by atoms with E-state index in [1.54, 1.807) is 0 Å². The van der Waals surface area contributed by atoms with E-state index in [1.807, 2.05) is 0 Å². The van der Waals surface area contributed by atoms with Crippen LogP contribution in [-0.4, -0.2) is 30.1 Å². The molecule has 0 radical (unpaired) electrons. The van der Waals surface area contributed by atoms with Crippen LogP contribution in [0.3, 0.4) is 0 Å². The van der Waals surface area contributed by atoms with Crippen LogP contribution >= 0.6 is 0 Å². The lowest BCUT2D eigenvalue weighted by molar-refractivity contribution is 0.0674. The first-order valence-corrected chi connectivity index (χ1v) is 8.94. The zero-order chi connectivity index (χ0) is 15.2. The Bertz CT molecular complexity index is 258. The molecule has 3 atom stereocenters. The van der Waals surface area contributed by atoms with Gasteiger partial charge >= 0.3 is 0 Å². The van der Waals surface area contributed by atoms with Crippen molar-refractivity contribution in [1.82, 2.24) is 4.90 Å². The third-order valence-electron chi connectivity index (χ3n) is 5.85. The normalized spacial score (nSPS) is 26.2. The second-order valence-electron chi connectivity index (χ2n) is 7.42. The molecule has 1 aliphatic rings. The lowest BCUT2D eigenvalue weighted by Crippen LogP contribution is -2.54. The van der Waals surface area contributed by atoms with Crippen molar-refractivity contribution in [2.45, 2.75) is 78.7 Å². The van der Waals surface area contributed by atoms with Crippen molar-refractivity contribution in [3.63, 3.8) is 0 Å². The molecular weight excluding hydrogens is 244 g/mol. The van der Waals surface area contributed by atoms with Crippen molar-refractivity contribution >= 4 is 0 Å². The molecule has 3 unspecified atom stereocenters. The van der Waals surface area contributed by atoms with E-state index >= 15 is 0 Å². The second-order valence-corrected chi connectivity index (χ2v) is 7.42. The average Bonchev–Trinajstić information content (AvgIpc) is 2.71. The molecule has 1 rings (SSSR count). The van der Waals surface area contributed by atoms with Crippen molar-refractivity contribution in [2.24, 2.45) is 23.5 Å². The summed E-state index contributed by atoms with van der Waals surface area (Å²) in [6.45, 7) is 15.1. The fourth-order valence-electron chi connectivity index (χ4n) is 3.91. The third kappa shape index (κ3) is 4.46. The van der Waals surface area contributed by atoms with Crippen molar-refractivity contribution < 1.29 is 0 Å². The average molecular weight is 283 g/mol. The lowest BCUT2D eigenvalue weighted by Gasteiger charge is -2.44. The molecule has 2 heteroatoms. The van der Waals surface area contributed by atoms with Crippen molar-refractivity contribution in [2.75, 3.05) is 19.6 Å². The Morgan fingerprint density at radius 3 is 2.35 bits per heavy atom. The molecule has 1 aliphatic heterocycles. The molecule has 0 amide bonds. The second kappa shape index (κ2) is 8.38. The summed E-state index contributed by atoms with van der Waals surface area (Å²) >= 11 is 0. The fourth-order valence-corrected chi connectivity index (χ4v) is 3.91. The Morgan fingerprint density at radius 1 is 1.15 bits per heavy atom. The molecule has 0 aromatic carbocycles. The molecule has 1 heterocycles. The maximum absolute atomic E-state index is 6.26. The van der Waals surface area contributed by atoms with E-state index in [2.05, 4.69) is 39.5 Å². The van der Waals surface area contributed by atoms with Gasteiger partial charge in [0.1, 0.15) is 0 Å². The highest BCUT2D eigenvalue weighted by atomic mass is 15.2. The molecule has 0 spiro atoms. The summed E-state index contributed by atoms with van der Waals surface area (Å²) in [5, 5.41) is 0. The van der Waals surface area contributed by atoms with Crippen LogP contribution in [0.25, 0.3) is 0 Å². The molecule has 20 heavy (non-hydrogen) atoms. The number of nitrogens with zero attached hydrogens (tertiary/aromatic N) is 1. The minimum absolute atomic E-state index is 0.251. The van der Waals surface area contributed by atoms with Crippen molar-refractivity contribution in [3.05, 3.63) is 0 Å².